The van der Waals surface area contributed by atoms with Crippen molar-refractivity contribution in [2.75, 3.05) is 7.05 Å². The Labute approximate surface area is 112 Å². The molecular formula is C16H28N2. The van der Waals surface area contributed by atoms with Gasteiger partial charge >= 0.3 is 0 Å². The Morgan fingerprint density at radius 1 is 1.06 bits per heavy atom. The number of nitrogens with one attached hydrogen (secondary N) is 1. The number of aryl methyl sites for hydroxylation is 2. The van der Waals surface area contributed by atoms with Crippen molar-refractivity contribution in [3.05, 3.63) is 29.1 Å². The Morgan fingerprint density at radius 2 is 1.67 bits per heavy atom. The molecule has 0 aliphatic heterocycles. The van der Waals surface area contributed by atoms with Gasteiger partial charge in [0.25, 0.3) is 0 Å². The minimum absolute atomic E-state index is 0.479. The molecule has 1 aromatic heterocycles. The molecule has 0 aliphatic rings. The summed E-state index contributed by atoms with van der Waals surface area (Å²) in [5.41, 5.74) is 3.63. The third kappa shape index (κ3) is 5.18. The largest absolute Gasteiger partial charge is 0.313 e. The van der Waals surface area contributed by atoms with Crippen LogP contribution in [0.25, 0.3) is 0 Å². The predicted molar refractivity (Wildman–Crippen MR) is 78.9 cm³/mol. The quantitative estimate of drug-likeness (QED) is 0.693. The zero-order valence-electron chi connectivity index (χ0n) is 12.4. The maximum Gasteiger partial charge on any atom is 0.0379 e. The number of nitrogens with zero attached hydrogens (tertiary/aromatic N) is 1. The second-order valence-electron chi connectivity index (χ2n) is 5.23. The van der Waals surface area contributed by atoms with E-state index in [-0.39, 0.29) is 0 Å². The SMILES string of the molecule is CCCCCCCC(NC)c1cc(C)nc(C)c1. The van der Waals surface area contributed by atoms with Crippen molar-refractivity contribution < 1.29 is 0 Å². The van der Waals surface area contributed by atoms with E-state index < -0.39 is 0 Å². The molecule has 1 heterocycles. The van der Waals surface area contributed by atoms with Gasteiger partial charge in [-0.1, -0.05) is 39.0 Å². The van der Waals surface area contributed by atoms with Gasteiger partial charge in [0, 0.05) is 17.4 Å². The molecule has 0 aromatic carbocycles. The van der Waals surface area contributed by atoms with Crippen LogP contribution in [0, 0.1) is 13.8 Å². The minimum Gasteiger partial charge on any atom is -0.313 e. The van der Waals surface area contributed by atoms with Gasteiger partial charge in [0.1, 0.15) is 0 Å². The fourth-order valence-electron chi connectivity index (χ4n) is 2.50. The van der Waals surface area contributed by atoms with Gasteiger partial charge in [0.05, 0.1) is 0 Å². The molecule has 1 unspecified atom stereocenters. The normalized spacial score (nSPS) is 12.7. The van der Waals surface area contributed by atoms with Crippen LogP contribution < -0.4 is 5.32 Å². The van der Waals surface area contributed by atoms with E-state index in [0.29, 0.717) is 6.04 Å². The Hall–Kier alpha value is -0.890. The molecule has 2 nitrogen and oxygen atoms in total. The summed E-state index contributed by atoms with van der Waals surface area (Å²) in [6.45, 7) is 6.41. The average Bonchev–Trinajstić information content (AvgIpc) is 2.32. The van der Waals surface area contributed by atoms with Gasteiger partial charge < -0.3 is 5.32 Å². The van der Waals surface area contributed by atoms with Crippen LogP contribution >= 0.6 is 0 Å². The molecule has 2 heteroatoms. The first kappa shape index (κ1) is 15.2. The van der Waals surface area contributed by atoms with Crippen molar-refractivity contribution >= 4 is 0 Å². The Morgan fingerprint density at radius 3 is 2.22 bits per heavy atom. The summed E-state index contributed by atoms with van der Waals surface area (Å²) in [6, 6.07) is 4.90. The highest BCUT2D eigenvalue weighted by Crippen LogP contribution is 2.21. The maximum absolute atomic E-state index is 4.44. The third-order valence-electron chi connectivity index (χ3n) is 3.45. The lowest BCUT2D eigenvalue weighted by Gasteiger charge is -2.17. The molecule has 0 amide bonds. The first-order valence-electron chi connectivity index (χ1n) is 7.29. The van der Waals surface area contributed by atoms with Gasteiger partial charge in [0.15, 0.2) is 0 Å². The molecule has 1 rings (SSSR count). The molecule has 102 valence electrons. The van der Waals surface area contributed by atoms with Crippen LogP contribution in [0.4, 0.5) is 0 Å². The number of aromatic nitrogens is 1. The highest BCUT2D eigenvalue weighted by molar-refractivity contribution is 5.23. The van der Waals surface area contributed by atoms with Crippen LogP contribution in [0.5, 0.6) is 0 Å². The van der Waals surface area contributed by atoms with E-state index in [1.165, 1.54) is 44.1 Å². The summed E-state index contributed by atoms with van der Waals surface area (Å²) in [4.78, 5) is 4.44. The Kier molecular flexibility index (Phi) is 6.96. The molecule has 1 aromatic rings. The molecule has 0 spiro atoms. The van der Waals surface area contributed by atoms with Gasteiger partial charge in [-0.05, 0) is 45.0 Å². The van der Waals surface area contributed by atoms with Gasteiger partial charge in [0.2, 0.25) is 0 Å². The second-order valence-corrected chi connectivity index (χ2v) is 5.23. The molecule has 1 atom stereocenters. The first-order valence-corrected chi connectivity index (χ1v) is 7.29. The van der Waals surface area contributed by atoms with Crippen LogP contribution in [0.3, 0.4) is 0 Å². The summed E-state index contributed by atoms with van der Waals surface area (Å²) >= 11 is 0. The van der Waals surface area contributed by atoms with Gasteiger partial charge in [-0.2, -0.15) is 0 Å². The van der Waals surface area contributed by atoms with Crippen molar-refractivity contribution in [2.45, 2.75) is 65.3 Å². The number of pyridine rings is 1. The topological polar surface area (TPSA) is 24.9 Å². The van der Waals surface area contributed by atoms with Gasteiger partial charge in [-0.15, -0.1) is 0 Å². The van der Waals surface area contributed by atoms with Gasteiger partial charge in [-0.3, -0.25) is 4.98 Å². The zero-order valence-corrected chi connectivity index (χ0v) is 12.4. The lowest BCUT2D eigenvalue weighted by Crippen LogP contribution is -2.16. The first-order chi connectivity index (χ1) is 8.67. The van der Waals surface area contributed by atoms with E-state index in [2.05, 4.69) is 50.3 Å². The van der Waals surface area contributed by atoms with E-state index in [1.54, 1.807) is 0 Å². The molecule has 18 heavy (non-hydrogen) atoms. The average molecular weight is 248 g/mol. The summed E-state index contributed by atoms with van der Waals surface area (Å²) in [7, 11) is 2.06. The van der Waals surface area contributed by atoms with Crippen molar-refractivity contribution in [1.82, 2.24) is 10.3 Å². The van der Waals surface area contributed by atoms with Crippen molar-refractivity contribution in [3.8, 4) is 0 Å². The Bertz CT molecular complexity index is 327. The van der Waals surface area contributed by atoms with Gasteiger partial charge in [-0.25, -0.2) is 0 Å². The van der Waals surface area contributed by atoms with Crippen molar-refractivity contribution in [1.29, 1.82) is 0 Å². The molecule has 0 aliphatic carbocycles. The monoisotopic (exact) mass is 248 g/mol. The maximum atomic E-state index is 4.44. The van der Waals surface area contributed by atoms with E-state index in [0.717, 1.165) is 11.4 Å². The molecule has 0 saturated carbocycles. The number of hydrogen-bond acceptors (Lipinski definition) is 2. The predicted octanol–water partition coefficient (Wildman–Crippen LogP) is 4.32. The molecule has 0 radical (unpaired) electrons. The fraction of sp³-hybridized carbons (Fsp3) is 0.688. The van der Waals surface area contributed by atoms with E-state index >= 15 is 0 Å². The van der Waals surface area contributed by atoms with Crippen LogP contribution in [0.15, 0.2) is 12.1 Å². The molecule has 1 N–H and O–H groups in total. The lowest BCUT2D eigenvalue weighted by molar-refractivity contribution is 0.500. The summed E-state index contributed by atoms with van der Waals surface area (Å²) < 4.78 is 0. The van der Waals surface area contributed by atoms with Crippen LogP contribution in [0.2, 0.25) is 0 Å². The molecule has 0 fully saturated rings. The van der Waals surface area contributed by atoms with Crippen LogP contribution in [-0.4, -0.2) is 12.0 Å². The van der Waals surface area contributed by atoms with E-state index in [9.17, 15) is 0 Å². The second kappa shape index (κ2) is 8.25. The fourth-order valence-corrected chi connectivity index (χ4v) is 2.50. The van der Waals surface area contributed by atoms with Crippen molar-refractivity contribution in [3.63, 3.8) is 0 Å². The van der Waals surface area contributed by atoms with Crippen LogP contribution in [-0.2, 0) is 0 Å². The molecular weight excluding hydrogens is 220 g/mol. The number of unbranched alkanes of at least 4 members (excludes halogenated alkanes) is 4. The lowest BCUT2D eigenvalue weighted by atomic mass is 9.99. The number of rotatable bonds is 8. The summed E-state index contributed by atoms with van der Waals surface area (Å²) in [6.07, 6.45) is 7.96. The smallest absolute Gasteiger partial charge is 0.0379 e. The van der Waals surface area contributed by atoms with Crippen LogP contribution in [0.1, 0.15) is 68.4 Å². The highest BCUT2D eigenvalue weighted by Gasteiger charge is 2.09. The van der Waals surface area contributed by atoms with E-state index in [1.807, 2.05) is 0 Å². The molecule has 0 bridgehead atoms. The summed E-state index contributed by atoms with van der Waals surface area (Å²) in [5.74, 6) is 0. The van der Waals surface area contributed by atoms with Crippen molar-refractivity contribution in [2.24, 2.45) is 0 Å². The zero-order chi connectivity index (χ0) is 13.4. The minimum atomic E-state index is 0.479. The Balaban J connectivity index is 2.49. The molecule has 0 saturated heterocycles. The number of hydrogen-bond donors (Lipinski definition) is 1. The van der Waals surface area contributed by atoms with E-state index in [4.69, 9.17) is 0 Å². The standard InChI is InChI=1S/C16H28N2/c1-5-6-7-8-9-10-16(17-4)15-11-13(2)18-14(3)12-15/h11-12,16-17H,5-10H2,1-4H3. The highest BCUT2D eigenvalue weighted by atomic mass is 14.9. The summed E-state index contributed by atoms with van der Waals surface area (Å²) in [5, 5.41) is 3.44. The third-order valence-corrected chi connectivity index (χ3v) is 3.45.